The summed E-state index contributed by atoms with van der Waals surface area (Å²) in [6.45, 7) is 0. The Kier molecular flexibility index (Phi) is 4.49. The zero-order valence-corrected chi connectivity index (χ0v) is 12.0. The van der Waals surface area contributed by atoms with Gasteiger partial charge in [-0.3, -0.25) is 10.1 Å². The van der Waals surface area contributed by atoms with Crippen molar-refractivity contribution in [2.75, 3.05) is 10.6 Å². The minimum absolute atomic E-state index is 0.103. The zero-order chi connectivity index (χ0) is 15.4. The number of carboxylic acid groups (broad SMARTS) is 1. The molecule has 2 amide bonds. The predicted molar refractivity (Wildman–Crippen MR) is 77.9 cm³/mol. The molecule has 0 spiro atoms. The summed E-state index contributed by atoms with van der Waals surface area (Å²) in [5.74, 6) is -0.906. The third-order valence-electron chi connectivity index (χ3n) is 2.41. The number of nitrogens with zero attached hydrogens (tertiary/aromatic N) is 1. The molecule has 8 heteroatoms. The van der Waals surface area contributed by atoms with E-state index in [0.717, 1.165) is 6.07 Å². The number of pyridine rings is 1. The summed E-state index contributed by atoms with van der Waals surface area (Å²) in [6, 6.07) is 6.73. The van der Waals surface area contributed by atoms with E-state index in [4.69, 9.17) is 5.11 Å². The zero-order valence-electron chi connectivity index (χ0n) is 10.4. The van der Waals surface area contributed by atoms with Crippen LogP contribution in [0.3, 0.4) is 0 Å². The second-order valence-electron chi connectivity index (χ2n) is 3.95. The molecule has 0 bridgehead atoms. The van der Waals surface area contributed by atoms with E-state index in [2.05, 4.69) is 31.5 Å². The summed E-state index contributed by atoms with van der Waals surface area (Å²) in [6.07, 6.45) is 0.0347. The number of carbonyl (C=O) groups is 2. The van der Waals surface area contributed by atoms with Crippen LogP contribution in [-0.2, 0) is 0 Å². The minimum Gasteiger partial charge on any atom is -0.465 e. The van der Waals surface area contributed by atoms with Crippen molar-refractivity contribution in [1.29, 1.82) is 0 Å². The Hall–Kier alpha value is -2.48. The molecule has 0 unspecified atom stereocenters. The Bertz CT molecular complexity index is 709. The van der Waals surface area contributed by atoms with E-state index in [1.165, 1.54) is 30.5 Å². The minimum atomic E-state index is -1.25. The number of amides is 2. The van der Waals surface area contributed by atoms with Crippen LogP contribution in [0.2, 0.25) is 0 Å². The molecule has 0 aliphatic carbocycles. The molecule has 0 fully saturated rings. The molecule has 0 aliphatic rings. The van der Waals surface area contributed by atoms with E-state index >= 15 is 0 Å². The van der Waals surface area contributed by atoms with E-state index < -0.39 is 17.8 Å². The Morgan fingerprint density at radius 1 is 1.24 bits per heavy atom. The molecule has 0 saturated heterocycles. The Balaban J connectivity index is 2.15. The number of carbonyl (C=O) groups excluding carboxylic acids is 1. The molecule has 1 heterocycles. The number of hydrogen-bond acceptors (Lipinski definition) is 3. The van der Waals surface area contributed by atoms with Gasteiger partial charge in [0.1, 0.15) is 11.6 Å². The number of nitrogens with one attached hydrogen (secondary N) is 2. The summed E-state index contributed by atoms with van der Waals surface area (Å²) in [4.78, 5) is 26.3. The van der Waals surface area contributed by atoms with Gasteiger partial charge in [-0.1, -0.05) is 6.07 Å². The molecule has 0 aliphatic heterocycles. The maximum absolute atomic E-state index is 13.0. The lowest BCUT2D eigenvalue weighted by molar-refractivity contribution is 0.102. The SMILES string of the molecule is O=C(O)Nc1ncc(NC(=O)c2cccc(F)c2)cc1Br. The topological polar surface area (TPSA) is 91.3 Å². The van der Waals surface area contributed by atoms with Crippen molar-refractivity contribution in [2.24, 2.45) is 0 Å². The van der Waals surface area contributed by atoms with E-state index in [0.29, 0.717) is 10.2 Å². The molecule has 1 aromatic heterocycles. The molecule has 0 radical (unpaired) electrons. The number of anilines is 2. The first kappa shape index (κ1) is 14.9. The van der Waals surface area contributed by atoms with Crippen LogP contribution in [0.15, 0.2) is 41.0 Å². The second kappa shape index (κ2) is 6.31. The van der Waals surface area contributed by atoms with Crippen molar-refractivity contribution in [3.63, 3.8) is 0 Å². The molecule has 21 heavy (non-hydrogen) atoms. The van der Waals surface area contributed by atoms with E-state index in [1.807, 2.05) is 0 Å². The lowest BCUT2D eigenvalue weighted by Gasteiger charge is -2.08. The van der Waals surface area contributed by atoms with Gasteiger partial charge in [-0.25, -0.2) is 14.2 Å². The fourth-order valence-corrected chi connectivity index (χ4v) is 1.98. The second-order valence-corrected chi connectivity index (χ2v) is 4.80. The van der Waals surface area contributed by atoms with Gasteiger partial charge in [0.2, 0.25) is 0 Å². The van der Waals surface area contributed by atoms with Gasteiger partial charge >= 0.3 is 6.09 Å². The van der Waals surface area contributed by atoms with Gasteiger partial charge in [-0.15, -0.1) is 0 Å². The van der Waals surface area contributed by atoms with Crippen LogP contribution >= 0.6 is 15.9 Å². The first-order valence-corrected chi connectivity index (χ1v) is 6.47. The number of halogens is 2. The Morgan fingerprint density at radius 2 is 2.00 bits per heavy atom. The van der Waals surface area contributed by atoms with Crippen molar-refractivity contribution >= 4 is 39.4 Å². The Morgan fingerprint density at radius 3 is 2.62 bits per heavy atom. The Labute approximate surface area is 127 Å². The highest BCUT2D eigenvalue weighted by molar-refractivity contribution is 9.10. The molecule has 2 rings (SSSR count). The average Bonchev–Trinajstić information content (AvgIpc) is 2.41. The maximum Gasteiger partial charge on any atom is 0.410 e. The maximum atomic E-state index is 13.0. The first-order valence-electron chi connectivity index (χ1n) is 5.68. The van der Waals surface area contributed by atoms with Crippen LogP contribution in [-0.4, -0.2) is 22.1 Å². The van der Waals surface area contributed by atoms with E-state index in [-0.39, 0.29) is 11.4 Å². The first-order chi connectivity index (χ1) is 9.95. The third-order valence-corrected chi connectivity index (χ3v) is 3.02. The van der Waals surface area contributed by atoms with Crippen molar-refractivity contribution < 1.29 is 19.1 Å². The predicted octanol–water partition coefficient (Wildman–Crippen LogP) is 3.33. The fourth-order valence-electron chi connectivity index (χ4n) is 1.53. The van der Waals surface area contributed by atoms with Crippen molar-refractivity contribution in [3.8, 4) is 0 Å². The highest BCUT2D eigenvalue weighted by atomic mass is 79.9. The highest BCUT2D eigenvalue weighted by Gasteiger charge is 2.10. The summed E-state index contributed by atoms with van der Waals surface area (Å²) < 4.78 is 13.4. The molecule has 0 saturated carbocycles. The lowest BCUT2D eigenvalue weighted by atomic mass is 10.2. The van der Waals surface area contributed by atoms with Crippen molar-refractivity contribution in [1.82, 2.24) is 4.98 Å². The van der Waals surface area contributed by atoms with Crippen molar-refractivity contribution in [2.45, 2.75) is 0 Å². The van der Waals surface area contributed by atoms with Gasteiger partial charge < -0.3 is 10.4 Å². The monoisotopic (exact) mass is 353 g/mol. The van der Waals surface area contributed by atoms with Crippen molar-refractivity contribution in [3.05, 3.63) is 52.4 Å². The average molecular weight is 354 g/mol. The molecule has 6 nitrogen and oxygen atoms in total. The van der Waals surface area contributed by atoms with Crippen LogP contribution in [0.4, 0.5) is 20.7 Å². The molecule has 0 atom stereocenters. The standard InChI is InChI=1S/C13H9BrFN3O3/c14-10-5-9(6-16-11(10)18-13(20)21)17-12(19)7-2-1-3-8(15)4-7/h1-6H,(H,16,18)(H,17,19)(H,20,21). The van der Waals surface area contributed by atoms with Crippen LogP contribution in [0, 0.1) is 5.82 Å². The molecule has 2 aromatic rings. The normalized spacial score (nSPS) is 10.0. The van der Waals surface area contributed by atoms with Crippen LogP contribution in [0.1, 0.15) is 10.4 Å². The number of hydrogen-bond donors (Lipinski definition) is 3. The van der Waals surface area contributed by atoms with Gasteiger partial charge in [0.15, 0.2) is 0 Å². The summed E-state index contributed by atoms with van der Waals surface area (Å²) >= 11 is 3.13. The third kappa shape index (κ3) is 3.99. The molecular formula is C13H9BrFN3O3. The molecule has 108 valence electrons. The van der Waals surface area contributed by atoms with Gasteiger partial charge in [0.25, 0.3) is 5.91 Å². The number of benzene rings is 1. The molecule has 1 aromatic carbocycles. The summed E-state index contributed by atoms with van der Waals surface area (Å²) in [5.41, 5.74) is 0.505. The molecular weight excluding hydrogens is 345 g/mol. The van der Waals surface area contributed by atoms with E-state index in [1.54, 1.807) is 0 Å². The lowest BCUT2D eigenvalue weighted by Crippen LogP contribution is -2.13. The largest absolute Gasteiger partial charge is 0.465 e. The van der Waals surface area contributed by atoms with E-state index in [9.17, 15) is 14.0 Å². The highest BCUT2D eigenvalue weighted by Crippen LogP contribution is 2.23. The smallest absolute Gasteiger partial charge is 0.410 e. The molecule has 3 N–H and O–H groups in total. The van der Waals surface area contributed by atoms with Gasteiger partial charge in [0.05, 0.1) is 16.4 Å². The summed E-state index contributed by atoms with van der Waals surface area (Å²) in [7, 11) is 0. The van der Waals surface area contributed by atoms with Gasteiger partial charge in [-0.05, 0) is 40.2 Å². The van der Waals surface area contributed by atoms with Crippen LogP contribution in [0.5, 0.6) is 0 Å². The van der Waals surface area contributed by atoms with Crippen LogP contribution in [0.25, 0.3) is 0 Å². The number of rotatable bonds is 3. The van der Waals surface area contributed by atoms with Gasteiger partial charge in [-0.2, -0.15) is 0 Å². The van der Waals surface area contributed by atoms with Gasteiger partial charge in [0, 0.05) is 5.56 Å². The van der Waals surface area contributed by atoms with Crippen LogP contribution < -0.4 is 10.6 Å². The fraction of sp³-hybridized carbons (Fsp3) is 0. The quantitative estimate of drug-likeness (QED) is 0.789. The summed E-state index contributed by atoms with van der Waals surface area (Å²) in [5, 5.41) is 13.2. The number of aromatic nitrogens is 1.